The van der Waals surface area contributed by atoms with E-state index in [0.29, 0.717) is 0 Å². The van der Waals surface area contributed by atoms with E-state index in [-0.39, 0.29) is 29.6 Å². The zero-order valence-electron chi connectivity index (χ0n) is 5.30. The van der Waals surface area contributed by atoms with Crippen molar-refractivity contribution in [2.24, 2.45) is 0 Å². The van der Waals surface area contributed by atoms with E-state index < -0.39 is 17.5 Å². The molecular weight excluding hydrogens is 154 g/mol. The van der Waals surface area contributed by atoms with Gasteiger partial charge in [-0.2, -0.15) is 0 Å². The van der Waals surface area contributed by atoms with E-state index in [2.05, 4.69) is 0 Å². The van der Waals surface area contributed by atoms with Crippen molar-refractivity contribution in [3.05, 3.63) is 0 Å². The number of hydrogen-bond donors (Lipinski definition) is 1. The first-order valence-corrected chi connectivity index (χ1v) is 2.52. The number of rotatable bonds is 2. The summed E-state index contributed by atoms with van der Waals surface area (Å²) in [7, 11) is 0. The summed E-state index contributed by atoms with van der Waals surface area (Å²) in [4.78, 5) is 9.74. The van der Waals surface area contributed by atoms with Gasteiger partial charge in [0.15, 0.2) is 0 Å². The first-order chi connectivity index (χ1) is 3.55. The fraction of sp³-hybridized carbons (Fsp3) is 0.750. The van der Waals surface area contributed by atoms with Crippen LogP contribution in [0.25, 0.3) is 0 Å². The quantitative estimate of drug-likeness (QED) is 0.329. The number of aliphatic carboxylic acids is 1. The van der Waals surface area contributed by atoms with Crippen LogP contribution in [0.3, 0.4) is 0 Å². The van der Waals surface area contributed by atoms with E-state index in [1.54, 1.807) is 0 Å². The van der Waals surface area contributed by atoms with Crippen molar-refractivity contribution in [2.45, 2.75) is 18.4 Å². The average molecular weight is 161 g/mol. The minimum absolute atomic E-state index is 0. The molecule has 0 saturated carbocycles. The molecule has 0 rings (SSSR count). The van der Waals surface area contributed by atoms with Gasteiger partial charge in [-0.1, -0.05) is 0 Å². The van der Waals surface area contributed by atoms with Crippen molar-refractivity contribution in [3.63, 3.8) is 0 Å². The molecule has 3 nitrogen and oxygen atoms in total. The molecular formula is C4H6ClNaO3. The van der Waals surface area contributed by atoms with E-state index in [1.807, 2.05) is 0 Å². The third kappa shape index (κ3) is 5.18. The van der Waals surface area contributed by atoms with E-state index in [9.17, 15) is 9.90 Å². The predicted octanol–water partition coefficient (Wildman–Crippen LogP) is -4.27. The van der Waals surface area contributed by atoms with Gasteiger partial charge in [-0.05, 0) is 6.92 Å². The Balaban J connectivity index is 0. The van der Waals surface area contributed by atoms with Crippen molar-refractivity contribution >= 4 is 17.6 Å². The van der Waals surface area contributed by atoms with Crippen LogP contribution in [0.4, 0.5) is 0 Å². The number of carboxylic acid groups (broad SMARTS) is 1. The van der Waals surface area contributed by atoms with Crippen LogP contribution in [0.2, 0.25) is 0 Å². The van der Waals surface area contributed by atoms with Gasteiger partial charge in [0.05, 0.1) is 17.5 Å². The first-order valence-electron chi connectivity index (χ1n) is 2.08. The van der Waals surface area contributed by atoms with Gasteiger partial charge in [0, 0.05) is 0 Å². The molecule has 0 heterocycles. The molecule has 0 fully saturated rings. The van der Waals surface area contributed by atoms with Crippen molar-refractivity contribution in [1.29, 1.82) is 0 Å². The van der Waals surface area contributed by atoms with E-state index in [4.69, 9.17) is 16.7 Å². The fourth-order valence-electron chi connectivity index (χ4n) is 0.197. The standard InChI is InChI=1S/C4H7ClO3.Na/c1-2(6)3(5)4(7)8;/h2-3,6H,1H3,(H,7,8);/q;+1/p-1/t2-,3+;/m1./s1. The molecule has 48 valence electrons. The third-order valence-electron chi connectivity index (χ3n) is 0.649. The van der Waals surface area contributed by atoms with Crippen molar-refractivity contribution in [3.8, 4) is 0 Å². The normalized spacial score (nSPS) is 15.4. The molecule has 0 saturated heterocycles. The van der Waals surface area contributed by atoms with Crippen LogP contribution < -0.4 is 34.7 Å². The number of aliphatic hydroxyl groups is 1. The molecule has 0 spiro atoms. The van der Waals surface area contributed by atoms with Gasteiger partial charge >= 0.3 is 29.6 Å². The van der Waals surface area contributed by atoms with Gasteiger partial charge in [0.1, 0.15) is 0 Å². The van der Waals surface area contributed by atoms with Gasteiger partial charge in [0.2, 0.25) is 0 Å². The first kappa shape index (κ1) is 12.4. The molecule has 0 radical (unpaired) electrons. The summed E-state index contributed by atoms with van der Waals surface area (Å²) in [5.41, 5.74) is 0. The number of halogens is 1. The Bertz CT molecular complexity index is 95.8. The van der Waals surface area contributed by atoms with E-state index in [1.165, 1.54) is 6.92 Å². The maximum Gasteiger partial charge on any atom is 1.00 e. The van der Waals surface area contributed by atoms with Crippen LogP contribution in [-0.4, -0.2) is 22.6 Å². The summed E-state index contributed by atoms with van der Waals surface area (Å²) in [6.45, 7) is 1.29. The molecule has 0 aliphatic heterocycles. The van der Waals surface area contributed by atoms with Crippen molar-refractivity contribution < 1.29 is 44.6 Å². The predicted molar refractivity (Wildman–Crippen MR) is 26.3 cm³/mol. The van der Waals surface area contributed by atoms with Crippen LogP contribution >= 0.6 is 11.6 Å². The maximum absolute atomic E-state index is 9.74. The summed E-state index contributed by atoms with van der Waals surface area (Å²) in [5, 5.41) is 16.9. The van der Waals surface area contributed by atoms with Gasteiger partial charge in [-0.15, -0.1) is 11.6 Å². The summed E-state index contributed by atoms with van der Waals surface area (Å²) in [6.07, 6.45) is -1.05. The molecule has 0 aromatic carbocycles. The molecule has 0 aliphatic carbocycles. The second-order valence-electron chi connectivity index (χ2n) is 1.46. The van der Waals surface area contributed by atoms with Gasteiger partial charge < -0.3 is 15.0 Å². The number of alkyl halides is 1. The van der Waals surface area contributed by atoms with Crippen LogP contribution in [0.5, 0.6) is 0 Å². The third-order valence-corrected chi connectivity index (χ3v) is 1.19. The number of hydrogen-bond acceptors (Lipinski definition) is 3. The Morgan fingerprint density at radius 2 is 2.11 bits per heavy atom. The fourth-order valence-corrected chi connectivity index (χ4v) is 0.197. The molecule has 2 atom stereocenters. The Hall–Kier alpha value is 0.720. The minimum Gasteiger partial charge on any atom is -0.548 e. The summed E-state index contributed by atoms with van der Waals surface area (Å²) in [6, 6.07) is 0. The number of carbonyl (C=O) groups is 1. The smallest absolute Gasteiger partial charge is 0.548 e. The molecule has 5 heteroatoms. The molecule has 0 aromatic rings. The summed E-state index contributed by atoms with van der Waals surface area (Å²) in [5.74, 6) is -1.44. The zero-order valence-corrected chi connectivity index (χ0v) is 8.05. The molecule has 0 amide bonds. The molecule has 1 N–H and O–H groups in total. The van der Waals surface area contributed by atoms with E-state index >= 15 is 0 Å². The Morgan fingerprint density at radius 1 is 1.78 bits per heavy atom. The molecule has 0 aliphatic rings. The Labute approximate surface area is 80.3 Å². The van der Waals surface area contributed by atoms with Crippen LogP contribution in [0, 0.1) is 0 Å². The number of carboxylic acids is 1. The number of carbonyl (C=O) groups excluding carboxylic acids is 1. The van der Waals surface area contributed by atoms with Crippen molar-refractivity contribution in [2.75, 3.05) is 0 Å². The average Bonchev–Trinajstić information content (AvgIpc) is 1.64. The summed E-state index contributed by atoms with van der Waals surface area (Å²) < 4.78 is 0. The molecule has 9 heavy (non-hydrogen) atoms. The van der Waals surface area contributed by atoms with E-state index in [0.717, 1.165) is 0 Å². The van der Waals surface area contributed by atoms with Crippen molar-refractivity contribution in [1.82, 2.24) is 0 Å². The van der Waals surface area contributed by atoms with Gasteiger partial charge in [0.25, 0.3) is 0 Å². The number of aliphatic hydroxyl groups excluding tert-OH is 1. The molecule has 0 bridgehead atoms. The Morgan fingerprint density at radius 3 is 2.11 bits per heavy atom. The monoisotopic (exact) mass is 160 g/mol. The van der Waals surface area contributed by atoms with Gasteiger partial charge in [-0.25, -0.2) is 0 Å². The second kappa shape index (κ2) is 5.50. The summed E-state index contributed by atoms with van der Waals surface area (Å²) >= 11 is 5.04. The SMILES string of the molecule is C[C@@H](O)[C@H](Cl)C(=O)[O-].[Na+]. The topological polar surface area (TPSA) is 60.4 Å². The zero-order chi connectivity index (χ0) is 6.73. The molecule has 0 aromatic heterocycles. The van der Waals surface area contributed by atoms with Gasteiger partial charge in [-0.3, -0.25) is 0 Å². The molecule has 0 unspecified atom stereocenters. The van der Waals surface area contributed by atoms with Crippen LogP contribution in [-0.2, 0) is 4.79 Å². The maximum atomic E-state index is 9.74. The minimum atomic E-state index is -1.44. The largest absolute Gasteiger partial charge is 1.00 e. The van der Waals surface area contributed by atoms with Crippen LogP contribution in [0.1, 0.15) is 6.92 Å². The van der Waals surface area contributed by atoms with Crippen LogP contribution in [0.15, 0.2) is 0 Å². The Kier molecular flexibility index (Phi) is 7.58. The second-order valence-corrected chi connectivity index (χ2v) is 1.93.